The van der Waals surface area contributed by atoms with E-state index in [9.17, 15) is 9.59 Å². The lowest BCUT2D eigenvalue weighted by Gasteiger charge is -2.08. The van der Waals surface area contributed by atoms with Crippen LogP contribution in [0.2, 0.25) is 0 Å². The number of methoxy groups -OCH3 is 1. The predicted molar refractivity (Wildman–Crippen MR) is 106 cm³/mol. The summed E-state index contributed by atoms with van der Waals surface area (Å²) in [6.45, 7) is 0.840. The normalized spacial score (nSPS) is 10.5. The molecule has 28 heavy (non-hydrogen) atoms. The second-order valence-corrected chi connectivity index (χ2v) is 6.24. The van der Waals surface area contributed by atoms with E-state index < -0.39 is 0 Å². The van der Waals surface area contributed by atoms with Gasteiger partial charge in [-0.2, -0.15) is 5.10 Å². The minimum Gasteiger partial charge on any atom is -0.497 e. The van der Waals surface area contributed by atoms with Gasteiger partial charge in [-0.25, -0.2) is 4.68 Å². The molecule has 1 aromatic carbocycles. The summed E-state index contributed by atoms with van der Waals surface area (Å²) < 4.78 is 6.51. The summed E-state index contributed by atoms with van der Waals surface area (Å²) in [5.74, 6) is 0.719. The van der Waals surface area contributed by atoms with E-state index in [0.717, 1.165) is 16.9 Å². The third-order valence-corrected chi connectivity index (χ3v) is 4.27. The van der Waals surface area contributed by atoms with E-state index in [0.29, 0.717) is 31.6 Å². The quantitative estimate of drug-likeness (QED) is 0.651. The molecule has 0 radical (unpaired) electrons. The number of aromatic nitrogens is 3. The van der Waals surface area contributed by atoms with Gasteiger partial charge in [0.25, 0.3) is 5.56 Å². The average Bonchev–Trinajstić information content (AvgIpc) is 2.74. The fourth-order valence-corrected chi connectivity index (χ4v) is 2.71. The summed E-state index contributed by atoms with van der Waals surface area (Å²) in [5, 5.41) is 7.26. The minimum absolute atomic E-state index is 0.0610. The highest BCUT2D eigenvalue weighted by Gasteiger charge is 2.06. The fraction of sp³-hybridized carbons (Fsp3) is 0.238. The van der Waals surface area contributed by atoms with Crippen molar-refractivity contribution < 1.29 is 9.53 Å². The van der Waals surface area contributed by atoms with Gasteiger partial charge < -0.3 is 10.1 Å². The minimum atomic E-state index is -0.184. The van der Waals surface area contributed by atoms with Crippen molar-refractivity contribution in [1.29, 1.82) is 0 Å². The van der Waals surface area contributed by atoms with Crippen molar-refractivity contribution in [2.45, 2.75) is 25.9 Å². The molecule has 0 unspecified atom stereocenters. The zero-order valence-corrected chi connectivity index (χ0v) is 15.7. The summed E-state index contributed by atoms with van der Waals surface area (Å²) in [5.41, 5.74) is 2.40. The number of pyridine rings is 1. The van der Waals surface area contributed by atoms with Crippen molar-refractivity contribution in [3.63, 3.8) is 0 Å². The number of amides is 1. The lowest BCUT2D eigenvalue weighted by Crippen LogP contribution is -2.25. The second kappa shape index (κ2) is 9.45. The maximum atomic E-state index is 12.1. The van der Waals surface area contributed by atoms with E-state index >= 15 is 0 Å². The van der Waals surface area contributed by atoms with Gasteiger partial charge in [-0.05, 0) is 42.3 Å². The van der Waals surface area contributed by atoms with Crippen LogP contribution in [0.3, 0.4) is 0 Å². The highest BCUT2D eigenvalue weighted by molar-refractivity contribution is 5.75. The number of carbonyl (C=O) groups is 1. The molecular weight excluding hydrogens is 356 g/mol. The Labute approximate surface area is 163 Å². The lowest BCUT2D eigenvalue weighted by molar-refractivity contribution is -0.121. The van der Waals surface area contributed by atoms with Crippen LogP contribution in [-0.2, 0) is 17.9 Å². The van der Waals surface area contributed by atoms with Gasteiger partial charge in [-0.3, -0.25) is 14.6 Å². The van der Waals surface area contributed by atoms with Crippen LogP contribution in [0.15, 0.2) is 65.7 Å². The van der Waals surface area contributed by atoms with Crippen LogP contribution in [0, 0.1) is 0 Å². The summed E-state index contributed by atoms with van der Waals surface area (Å²) in [6.07, 6.45) is 4.21. The number of nitrogens with one attached hydrogen (secondary N) is 1. The molecule has 3 aromatic rings. The predicted octanol–water partition coefficient (Wildman–Crippen LogP) is 2.41. The summed E-state index contributed by atoms with van der Waals surface area (Å²) >= 11 is 0. The molecule has 0 aliphatic heterocycles. The molecule has 0 atom stereocenters. The maximum Gasteiger partial charge on any atom is 0.266 e. The number of carbonyl (C=O) groups excluding carboxylic acids is 1. The number of aryl methyl sites for hydroxylation is 1. The second-order valence-electron chi connectivity index (χ2n) is 6.24. The van der Waals surface area contributed by atoms with E-state index in [2.05, 4.69) is 15.4 Å². The van der Waals surface area contributed by atoms with E-state index in [1.54, 1.807) is 25.6 Å². The molecular formula is C21H22N4O3. The first-order valence-corrected chi connectivity index (χ1v) is 9.04. The van der Waals surface area contributed by atoms with Gasteiger partial charge in [0, 0.05) is 43.5 Å². The highest BCUT2D eigenvalue weighted by atomic mass is 16.5. The van der Waals surface area contributed by atoms with Crippen molar-refractivity contribution in [1.82, 2.24) is 20.1 Å². The van der Waals surface area contributed by atoms with Crippen molar-refractivity contribution in [2.24, 2.45) is 0 Å². The van der Waals surface area contributed by atoms with Crippen LogP contribution >= 0.6 is 0 Å². The van der Waals surface area contributed by atoms with Crippen molar-refractivity contribution in [2.75, 3.05) is 7.11 Å². The molecule has 144 valence electrons. The van der Waals surface area contributed by atoms with E-state index in [4.69, 9.17) is 4.74 Å². The molecule has 0 aliphatic carbocycles. The molecule has 0 aliphatic rings. The Bertz CT molecular complexity index is 969. The van der Waals surface area contributed by atoms with Crippen molar-refractivity contribution in [3.8, 4) is 17.0 Å². The molecule has 0 saturated heterocycles. The Morgan fingerprint density at radius 1 is 1.07 bits per heavy atom. The fourth-order valence-electron chi connectivity index (χ4n) is 2.71. The van der Waals surface area contributed by atoms with Crippen molar-refractivity contribution in [3.05, 3.63) is 76.8 Å². The third kappa shape index (κ3) is 5.26. The first kappa shape index (κ1) is 19.3. The van der Waals surface area contributed by atoms with Gasteiger partial charge in [-0.15, -0.1) is 0 Å². The zero-order valence-electron chi connectivity index (χ0n) is 15.7. The summed E-state index contributed by atoms with van der Waals surface area (Å²) in [7, 11) is 1.61. The zero-order chi connectivity index (χ0) is 19.8. The van der Waals surface area contributed by atoms with Crippen LogP contribution in [0.4, 0.5) is 0 Å². The Hall–Kier alpha value is -3.48. The molecule has 1 amide bonds. The van der Waals surface area contributed by atoms with Gasteiger partial charge in [0.2, 0.25) is 5.91 Å². The summed E-state index contributed by atoms with van der Waals surface area (Å²) in [4.78, 5) is 28.1. The third-order valence-electron chi connectivity index (χ3n) is 4.27. The standard InChI is InChI=1S/C21H22N4O3/c1-28-18-6-4-16(5-7-18)15-23-20(26)3-2-14-25-21(27)9-8-19(24-25)17-10-12-22-13-11-17/h4-13H,2-3,14-15H2,1H3,(H,23,26). The van der Waals surface area contributed by atoms with Crippen LogP contribution in [0.5, 0.6) is 5.75 Å². The molecule has 2 heterocycles. The Kier molecular flexibility index (Phi) is 6.51. The number of hydrogen-bond acceptors (Lipinski definition) is 5. The van der Waals surface area contributed by atoms with E-state index in [1.165, 1.54) is 10.7 Å². The molecule has 0 bridgehead atoms. The first-order valence-electron chi connectivity index (χ1n) is 9.04. The molecule has 0 saturated carbocycles. The first-order chi connectivity index (χ1) is 13.7. The molecule has 0 spiro atoms. The van der Waals surface area contributed by atoms with E-state index in [1.807, 2.05) is 36.4 Å². The highest BCUT2D eigenvalue weighted by Crippen LogP contribution is 2.13. The van der Waals surface area contributed by atoms with Crippen LogP contribution in [-0.4, -0.2) is 27.8 Å². The molecule has 3 rings (SSSR count). The smallest absolute Gasteiger partial charge is 0.266 e. The Morgan fingerprint density at radius 3 is 2.54 bits per heavy atom. The van der Waals surface area contributed by atoms with Crippen LogP contribution < -0.4 is 15.6 Å². The number of rotatable bonds is 8. The SMILES string of the molecule is COc1ccc(CNC(=O)CCCn2nc(-c3ccncc3)ccc2=O)cc1. The van der Waals surface area contributed by atoms with Gasteiger partial charge in [-0.1, -0.05) is 12.1 Å². The number of benzene rings is 1. The van der Waals surface area contributed by atoms with Crippen LogP contribution in [0.1, 0.15) is 18.4 Å². The Balaban J connectivity index is 1.50. The van der Waals surface area contributed by atoms with Gasteiger partial charge >= 0.3 is 0 Å². The number of hydrogen-bond donors (Lipinski definition) is 1. The van der Waals surface area contributed by atoms with Gasteiger partial charge in [0.05, 0.1) is 12.8 Å². The molecule has 7 heteroatoms. The largest absolute Gasteiger partial charge is 0.497 e. The van der Waals surface area contributed by atoms with E-state index in [-0.39, 0.29) is 11.5 Å². The number of ether oxygens (including phenoxy) is 1. The molecule has 1 N–H and O–H groups in total. The Morgan fingerprint density at radius 2 is 1.82 bits per heavy atom. The van der Waals surface area contributed by atoms with Crippen molar-refractivity contribution >= 4 is 5.91 Å². The molecule has 7 nitrogen and oxygen atoms in total. The van der Waals surface area contributed by atoms with Crippen LogP contribution in [0.25, 0.3) is 11.3 Å². The van der Waals surface area contributed by atoms with Gasteiger partial charge in [0.1, 0.15) is 5.75 Å². The molecule has 2 aromatic heterocycles. The van der Waals surface area contributed by atoms with Gasteiger partial charge in [0.15, 0.2) is 0 Å². The topological polar surface area (TPSA) is 86.1 Å². The summed E-state index contributed by atoms with van der Waals surface area (Å²) in [6, 6.07) is 14.4. The lowest BCUT2D eigenvalue weighted by atomic mass is 10.2. The maximum absolute atomic E-state index is 12.1. The average molecular weight is 378 g/mol. The molecule has 0 fully saturated rings. The number of nitrogens with zero attached hydrogens (tertiary/aromatic N) is 3. The monoisotopic (exact) mass is 378 g/mol.